The smallest absolute Gasteiger partial charge is 0.256 e. The first-order valence-corrected chi connectivity index (χ1v) is 13.4. The van der Waals surface area contributed by atoms with E-state index >= 15 is 0 Å². The summed E-state index contributed by atoms with van der Waals surface area (Å²) in [6.07, 6.45) is 3.25. The Morgan fingerprint density at radius 2 is 1.78 bits per heavy atom. The number of amidine groups is 1. The maximum absolute atomic E-state index is 14.1. The van der Waals surface area contributed by atoms with E-state index in [1.165, 1.54) is 4.90 Å². The van der Waals surface area contributed by atoms with Gasteiger partial charge in [0.2, 0.25) is 11.8 Å². The van der Waals surface area contributed by atoms with E-state index in [9.17, 15) is 23.2 Å². The van der Waals surface area contributed by atoms with Gasteiger partial charge < -0.3 is 15.4 Å². The Hall–Kier alpha value is -4.51. The van der Waals surface area contributed by atoms with Gasteiger partial charge in [-0.25, -0.2) is 13.8 Å². The van der Waals surface area contributed by atoms with Crippen molar-refractivity contribution in [2.45, 2.75) is 36.6 Å². The normalized spacial score (nSPS) is 22.1. The van der Waals surface area contributed by atoms with E-state index in [-0.39, 0.29) is 23.9 Å². The Kier molecular flexibility index (Phi) is 5.75. The Labute approximate surface area is 233 Å². The number of hydrogen-bond donors (Lipinski definition) is 2. The first-order chi connectivity index (χ1) is 19.8. The molecule has 4 aliphatic rings. The fraction of sp³-hybridized carbons (Fsp3) is 0.300. The first-order valence-electron chi connectivity index (χ1n) is 13.4. The summed E-state index contributed by atoms with van der Waals surface area (Å²) in [6, 6.07) is 12.2. The highest BCUT2D eigenvalue weighted by atomic mass is 19.1. The van der Waals surface area contributed by atoms with E-state index < -0.39 is 34.4 Å². The van der Waals surface area contributed by atoms with Gasteiger partial charge in [-0.3, -0.25) is 24.3 Å². The number of benzene rings is 2. The number of halogens is 2. The maximum atomic E-state index is 14.1. The summed E-state index contributed by atoms with van der Waals surface area (Å²) in [6.45, 7) is 0.241. The van der Waals surface area contributed by atoms with Crippen LogP contribution in [0.4, 0.5) is 20.3 Å². The van der Waals surface area contributed by atoms with Crippen molar-refractivity contribution in [1.82, 2.24) is 9.88 Å². The van der Waals surface area contributed by atoms with Crippen LogP contribution in [0, 0.1) is 11.6 Å². The van der Waals surface area contributed by atoms with Gasteiger partial charge in [0.15, 0.2) is 0 Å². The van der Waals surface area contributed by atoms with Gasteiger partial charge in [0, 0.05) is 55.1 Å². The first kappa shape index (κ1) is 25.5. The van der Waals surface area contributed by atoms with Gasteiger partial charge in [0.25, 0.3) is 5.91 Å². The molecule has 0 bridgehead atoms. The highest BCUT2D eigenvalue weighted by Gasteiger charge is 2.52. The fourth-order valence-corrected chi connectivity index (χ4v) is 6.43. The minimum absolute atomic E-state index is 0.0564. The average Bonchev–Trinajstić information content (AvgIpc) is 3.55. The minimum Gasteiger partial charge on any atom is -0.381 e. The largest absolute Gasteiger partial charge is 0.381 e. The van der Waals surface area contributed by atoms with Gasteiger partial charge >= 0.3 is 0 Å². The van der Waals surface area contributed by atoms with Crippen LogP contribution in [0.15, 0.2) is 59.7 Å². The van der Waals surface area contributed by atoms with Crippen LogP contribution in [0.3, 0.4) is 0 Å². The lowest BCUT2D eigenvalue weighted by Crippen LogP contribution is -2.48. The van der Waals surface area contributed by atoms with Crippen molar-refractivity contribution in [1.29, 1.82) is 0 Å². The third-order valence-corrected chi connectivity index (χ3v) is 8.43. The minimum atomic E-state index is -1.13. The Morgan fingerprint density at radius 1 is 1.02 bits per heavy atom. The fourth-order valence-electron chi connectivity index (χ4n) is 6.43. The van der Waals surface area contributed by atoms with Crippen LogP contribution in [0.1, 0.15) is 35.1 Å². The van der Waals surface area contributed by atoms with Crippen LogP contribution in [0.25, 0.3) is 0 Å². The summed E-state index contributed by atoms with van der Waals surface area (Å²) in [5, 5.41) is 5.72. The molecular weight excluding hydrogens is 532 g/mol. The number of rotatable bonds is 4. The lowest BCUT2D eigenvalue weighted by atomic mass is 9.79. The zero-order chi connectivity index (χ0) is 28.4. The number of ether oxygens (including phenoxy) is 1. The molecule has 1 aliphatic carbocycles. The van der Waals surface area contributed by atoms with Crippen molar-refractivity contribution in [3.05, 3.63) is 88.6 Å². The third-order valence-electron chi connectivity index (χ3n) is 8.43. The zero-order valence-corrected chi connectivity index (χ0v) is 21.9. The molecule has 1 unspecified atom stereocenters. The monoisotopic (exact) mass is 557 g/mol. The maximum Gasteiger partial charge on any atom is 0.256 e. The summed E-state index contributed by atoms with van der Waals surface area (Å²) in [7, 11) is 0. The molecule has 3 aromatic rings. The van der Waals surface area contributed by atoms with Crippen LogP contribution in [-0.4, -0.2) is 58.7 Å². The number of nitrogens with zero attached hydrogens (tertiary/aromatic N) is 3. The quantitative estimate of drug-likeness (QED) is 0.512. The van der Waals surface area contributed by atoms with E-state index in [0.717, 1.165) is 34.9 Å². The summed E-state index contributed by atoms with van der Waals surface area (Å²) < 4.78 is 33.6. The SMILES string of the molecule is O=C(CN1C(=O)C2(CCOCC2)N=C1c1cc(F)cc(F)c1)Nc1ccc2c(c1)CC1(C2)C(=O)Nc2ncccc21. The number of aliphatic imine (C=N–C) groups is 1. The van der Waals surface area contributed by atoms with E-state index in [0.29, 0.717) is 50.4 Å². The number of anilines is 2. The van der Waals surface area contributed by atoms with Gasteiger partial charge in [-0.05, 0) is 54.3 Å². The van der Waals surface area contributed by atoms with E-state index in [2.05, 4.69) is 20.6 Å². The number of pyridine rings is 1. The molecule has 3 amide bonds. The zero-order valence-electron chi connectivity index (χ0n) is 21.9. The molecule has 3 aliphatic heterocycles. The third kappa shape index (κ3) is 4.10. The van der Waals surface area contributed by atoms with Crippen molar-refractivity contribution in [3.8, 4) is 0 Å². The molecule has 2 aromatic carbocycles. The lowest BCUT2D eigenvalue weighted by Gasteiger charge is -2.29. The van der Waals surface area contributed by atoms with E-state index in [4.69, 9.17) is 4.74 Å². The molecule has 0 saturated carbocycles. The molecule has 4 heterocycles. The number of nitrogens with one attached hydrogen (secondary N) is 2. The molecule has 1 fully saturated rings. The van der Waals surface area contributed by atoms with Crippen LogP contribution >= 0.6 is 0 Å². The summed E-state index contributed by atoms with van der Waals surface area (Å²) >= 11 is 0. The second-order valence-electron chi connectivity index (χ2n) is 10.9. The van der Waals surface area contributed by atoms with Crippen LogP contribution < -0.4 is 10.6 Å². The predicted octanol–water partition coefficient (Wildman–Crippen LogP) is 3.13. The summed E-state index contributed by atoms with van der Waals surface area (Å²) in [5.41, 5.74) is 1.53. The van der Waals surface area contributed by atoms with Crippen LogP contribution in [-0.2, 0) is 37.4 Å². The molecule has 1 atom stereocenters. The topological polar surface area (TPSA) is 113 Å². The van der Waals surface area contributed by atoms with Crippen LogP contribution in [0.5, 0.6) is 0 Å². The second-order valence-corrected chi connectivity index (χ2v) is 10.9. The molecular formula is C30H25F2N5O4. The average molecular weight is 558 g/mol. The molecule has 9 nitrogen and oxygen atoms in total. The molecule has 7 rings (SSSR count). The molecule has 0 radical (unpaired) electrons. The second kappa shape index (κ2) is 9.27. The highest BCUT2D eigenvalue weighted by molar-refractivity contribution is 6.17. The number of hydrogen-bond acceptors (Lipinski definition) is 6. The van der Waals surface area contributed by atoms with Crippen molar-refractivity contribution < 1.29 is 27.9 Å². The van der Waals surface area contributed by atoms with Gasteiger partial charge in [0.1, 0.15) is 35.4 Å². The van der Waals surface area contributed by atoms with Gasteiger partial charge in [0.05, 0.1) is 5.41 Å². The van der Waals surface area contributed by atoms with Gasteiger partial charge in [-0.2, -0.15) is 0 Å². The van der Waals surface area contributed by atoms with Crippen molar-refractivity contribution in [2.75, 3.05) is 30.4 Å². The van der Waals surface area contributed by atoms with E-state index in [1.807, 2.05) is 24.3 Å². The van der Waals surface area contributed by atoms with Crippen molar-refractivity contribution in [2.24, 2.45) is 4.99 Å². The van der Waals surface area contributed by atoms with Crippen LogP contribution in [0.2, 0.25) is 0 Å². The number of fused-ring (bicyclic) bond motifs is 3. The Bertz CT molecular complexity index is 1650. The van der Waals surface area contributed by atoms with Crippen molar-refractivity contribution in [3.63, 3.8) is 0 Å². The summed E-state index contributed by atoms with van der Waals surface area (Å²) in [4.78, 5) is 50.0. The number of aromatic nitrogens is 1. The Balaban J connectivity index is 1.12. The number of carbonyl (C=O) groups is 3. The van der Waals surface area contributed by atoms with Gasteiger partial charge in [-0.1, -0.05) is 12.1 Å². The standard InChI is InChI=1S/C30H25F2N5O4/c31-20-10-18(11-21(32)13-20)26-36-30(5-8-41-9-6-30)28(40)37(26)16-24(38)34-22-4-3-17-14-29(15-19(17)12-22)23-2-1-7-33-25(23)35-27(29)39/h1-4,7,10-13H,5-6,8-9,14-16H2,(H,34,38)(H,33,35,39). The Morgan fingerprint density at radius 3 is 2.56 bits per heavy atom. The van der Waals surface area contributed by atoms with E-state index in [1.54, 1.807) is 12.3 Å². The molecule has 11 heteroatoms. The highest BCUT2D eigenvalue weighted by Crippen LogP contribution is 2.47. The van der Waals surface area contributed by atoms with Crippen molar-refractivity contribution >= 4 is 35.1 Å². The molecule has 208 valence electrons. The molecule has 2 N–H and O–H groups in total. The molecule has 1 saturated heterocycles. The number of amides is 3. The summed E-state index contributed by atoms with van der Waals surface area (Å²) in [5.74, 6) is -1.97. The lowest BCUT2D eigenvalue weighted by molar-refractivity contribution is -0.136. The van der Waals surface area contributed by atoms with Gasteiger partial charge in [-0.15, -0.1) is 0 Å². The molecule has 1 aromatic heterocycles. The number of carbonyl (C=O) groups excluding carboxylic acids is 3. The predicted molar refractivity (Wildman–Crippen MR) is 144 cm³/mol. The molecule has 41 heavy (non-hydrogen) atoms. The molecule has 2 spiro atoms.